The standard InChI is InChI=1S/C19H25BN4O5/c1-12(2)9-17(20(28)29)24-18(26)15(10-13-3-5-14(25)6-4-13)23-19(27)16-11-21-7-8-22-16/h3-8,11-12,15,17,25,28-29H,9-10H2,1-2H3,(H,23,27)(H,24,26)/t15-,17?/m0/s1. The molecule has 0 bridgehead atoms. The molecule has 1 aromatic heterocycles. The third-order valence-electron chi connectivity index (χ3n) is 4.21. The topological polar surface area (TPSA) is 145 Å². The van der Waals surface area contributed by atoms with Gasteiger partial charge in [-0.25, -0.2) is 4.98 Å². The molecule has 0 radical (unpaired) electrons. The van der Waals surface area contributed by atoms with Crippen LogP contribution in [-0.4, -0.2) is 56.0 Å². The Morgan fingerprint density at radius 1 is 1.10 bits per heavy atom. The van der Waals surface area contributed by atoms with Gasteiger partial charge >= 0.3 is 7.12 Å². The molecule has 2 aromatic rings. The summed E-state index contributed by atoms with van der Waals surface area (Å²) in [5.74, 6) is -1.82. The van der Waals surface area contributed by atoms with E-state index in [2.05, 4.69) is 20.6 Å². The molecule has 9 nitrogen and oxygen atoms in total. The molecule has 1 aromatic carbocycles. The number of benzene rings is 1. The molecule has 2 amide bonds. The van der Waals surface area contributed by atoms with Crippen LogP contribution in [0.4, 0.5) is 0 Å². The normalized spacial score (nSPS) is 12.9. The lowest BCUT2D eigenvalue weighted by Gasteiger charge is -2.24. The van der Waals surface area contributed by atoms with Gasteiger partial charge in [-0.2, -0.15) is 0 Å². The number of amides is 2. The Kier molecular flexibility index (Phi) is 8.11. The van der Waals surface area contributed by atoms with Crippen LogP contribution in [0.15, 0.2) is 42.9 Å². The van der Waals surface area contributed by atoms with Gasteiger partial charge in [0.05, 0.1) is 12.1 Å². The number of aromatic hydroxyl groups is 1. The minimum atomic E-state index is -1.73. The van der Waals surface area contributed by atoms with E-state index in [1.165, 1.54) is 30.7 Å². The molecule has 0 saturated carbocycles. The van der Waals surface area contributed by atoms with Gasteiger partial charge in [0.2, 0.25) is 5.91 Å². The zero-order valence-electron chi connectivity index (χ0n) is 16.3. The smallest absolute Gasteiger partial charge is 0.475 e. The summed E-state index contributed by atoms with van der Waals surface area (Å²) in [6, 6.07) is 5.23. The molecule has 0 saturated heterocycles. The van der Waals surface area contributed by atoms with Gasteiger partial charge in [0, 0.05) is 18.8 Å². The summed E-state index contributed by atoms with van der Waals surface area (Å²) in [6.07, 6.45) is 4.56. The summed E-state index contributed by atoms with van der Waals surface area (Å²) in [5, 5.41) is 33.8. The van der Waals surface area contributed by atoms with Gasteiger partial charge in [0.1, 0.15) is 17.5 Å². The van der Waals surface area contributed by atoms with E-state index in [0.29, 0.717) is 12.0 Å². The van der Waals surface area contributed by atoms with Crippen molar-refractivity contribution in [3.8, 4) is 5.75 Å². The Hall–Kier alpha value is -2.98. The maximum absolute atomic E-state index is 12.8. The van der Waals surface area contributed by atoms with Gasteiger partial charge < -0.3 is 25.8 Å². The summed E-state index contributed by atoms with van der Waals surface area (Å²) in [6.45, 7) is 3.79. The molecule has 154 valence electrons. The number of carbonyl (C=O) groups excluding carboxylic acids is 2. The van der Waals surface area contributed by atoms with Crippen molar-refractivity contribution in [2.45, 2.75) is 38.7 Å². The molecular weight excluding hydrogens is 375 g/mol. The van der Waals surface area contributed by atoms with E-state index in [1.807, 2.05) is 13.8 Å². The summed E-state index contributed by atoms with van der Waals surface area (Å²) >= 11 is 0. The van der Waals surface area contributed by atoms with E-state index in [0.717, 1.165) is 0 Å². The Bertz CT molecular complexity index is 802. The Morgan fingerprint density at radius 3 is 2.34 bits per heavy atom. The minimum Gasteiger partial charge on any atom is -0.508 e. The fourth-order valence-corrected chi connectivity index (χ4v) is 2.77. The first-order valence-corrected chi connectivity index (χ1v) is 9.27. The molecule has 29 heavy (non-hydrogen) atoms. The highest BCUT2D eigenvalue weighted by Crippen LogP contribution is 2.12. The molecule has 1 heterocycles. The molecule has 1 unspecified atom stereocenters. The lowest BCUT2D eigenvalue weighted by Crippen LogP contribution is -2.55. The Morgan fingerprint density at radius 2 is 1.79 bits per heavy atom. The van der Waals surface area contributed by atoms with Crippen LogP contribution in [0.25, 0.3) is 0 Å². The molecule has 0 aliphatic heterocycles. The number of rotatable bonds is 9. The van der Waals surface area contributed by atoms with Crippen molar-refractivity contribution in [3.05, 3.63) is 54.1 Å². The van der Waals surface area contributed by atoms with Crippen LogP contribution in [-0.2, 0) is 11.2 Å². The van der Waals surface area contributed by atoms with Gasteiger partial charge in [-0.3, -0.25) is 14.6 Å². The number of phenols is 1. The Labute approximate surface area is 169 Å². The number of nitrogens with zero attached hydrogens (tertiary/aromatic N) is 2. The molecule has 10 heteroatoms. The highest BCUT2D eigenvalue weighted by molar-refractivity contribution is 6.43. The van der Waals surface area contributed by atoms with Gasteiger partial charge in [-0.1, -0.05) is 26.0 Å². The predicted octanol–water partition coefficient (Wildman–Crippen LogP) is 0.0662. The molecule has 0 spiro atoms. The van der Waals surface area contributed by atoms with Gasteiger partial charge in [0.15, 0.2) is 0 Å². The lowest BCUT2D eigenvalue weighted by molar-refractivity contribution is -0.123. The average Bonchev–Trinajstić information content (AvgIpc) is 2.68. The van der Waals surface area contributed by atoms with E-state index in [-0.39, 0.29) is 23.8 Å². The maximum atomic E-state index is 12.8. The summed E-state index contributed by atoms with van der Waals surface area (Å²) in [4.78, 5) is 33.1. The number of nitrogens with one attached hydrogen (secondary N) is 2. The highest BCUT2D eigenvalue weighted by Gasteiger charge is 2.30. The van der Waals surface area contributed by atoms with E-state index < -0.39 is 30.9 Å². The fourth-order valence-electron chi connectivity index (χ4n) is 2.77. The van der Waals surface area contributed by atoms with Crippen LogP contribution in [0.3, 0.4) is 0 Å². The Balaban J connectivity index is 2.19. The van der Waals surface area contributed by atoms with Crippen LogP contribution in [0.5, 0.6) is 5.75 Å². The second-order valence-corrected chi connectivity index (χ2v) is 7.15. The van der Waals surface area contributed by atoms with Gasteiger partial charge in [-0.15, -0.1) is 0 Å². The fraction of sp³-hybridized carbons (Fsp3) is 0.368. The van der Waals surface area contributed by atoms with Crippen molar-refractivity contribution < 1.29 is 24.7 Å². The zero-order chi connectivity index (χ0) is 21.4. The zero-order valence-corrected chi connectivity index (χ0v) is 16.3. The first-order valence-electron chi connectivity index (χ1n) is 9.27. The molecule has 5 N–H and O–H groups in total. The van der Waals surface area contributed by atoms with Crippen LogP contribution < -0.4 is 10.6 Å². The number of phenolic OH excluding ortho intramolecular Hbond substituents is 1. The maximum Gasteiger partial charge on any atom is 0.475 e. The number of carbonyl (C=O) groups is 2. The molecular formula is C19H25BN4O5. The third-order valence-corrected chi connectivity index (χ3v) is 4.21. The second-order valence-electron chi connectivity index (χ2n) is 7.15. The first kappa shape index (κ1) is 22.3. The number of hydrogen-bond donors (Lipinski definition) is 5. The number of aromatic nitrogens is 2. The molecule has 2 rings (SSSR count). The number of hydrogen-bond acceptors (Lipinski definition) is 7. The highest BCUT2D eigenvalue weighted by atomic mass is 16.4. The van der Waals surface area contributed by atoms with E-state index >= 15 is 0 Å². The minimum absolute atomic E-state index is 0.0527. The molecule has 0 aliphatic rings. The average molecular weight is 400 g/mol. The summed E-state index contributed by atoms with van der Waals surface area (Å²) in [7, 11) is -1.73. The van der Waals surface area contributed by atoms with Gasteiger partial charge in [0.25, 0.3) is 5.91 Å². The molecule has 0 aliphatic carbocycles. The van der Waals surface area contributed by atoms with Crippen molar-refractivity contribution in [2.24, 2.45) is 5.92 Å². The predicted molar refractivity (Wildman–Crippen MR) is 107 cm³/mol. The quantitative estimate of drug-likeness (QED) is 0.375. The first-order chi connectivity index (χ1) is 13.8. The van der Waals surface area contributed by atoms with Crippen molar-refractivity contribution in [1.29, 1.82) is 0 Å². The van der Waals surface area contributed by atoms with Crippen LogP contribution >= 0.6 is 0 Å². The van der Waals surface area contributed by atoms with Crippen LogP contribution in [0.1, 0.15) is 36.3 Å². The van der Waals surface area contributed by atoms with Gasteiger partial charge in [-0.05, 0) is 30.0 Å². The summed E-state index contributed by atoms with van der Waals surface area (Å²) in [5.41, 5.74) is 0.754. The van der Waals surface area contributed by atoms with Crippen molar-refractivity contribution in [1.82, 2.24) is 20.6 Å². The SMILES string of the molecule is CC(C)CC(NC(=O)[C@H](Cc1ccc(O)cc1)NC(=O)c1cnccn1)B(O)O. The molecule has 2 atom stereocenters. The van der Waals surface area contributed by atoms with E-state index in [9.17, 15) is 24.7 Å². The van der Waals surface area contributed by atoms with Crippen molar-refractivity contribution >= 4 is 18.9 Å². The van der Waals surface area contributed by atoms with Crippen LogP contribution in [0.2, 0.25) is 0 Å². The van der Waals surface area contributed by atoms with Crippen molar-refractivity contribution in [3.63, 3.8) is 0 Å². The van der Waals surface area contributed by atoms with E-state index in [4.69, 9.17) is 0 Å². The summed E-state index contributed by atoms with van der Waals surface area (Å²) < 4.78 is 0. The molecule has 0 fully saturated rings. The lowest BCUT2D eigenvalue weighted by atomic mass is 9.75. The third kappa shape index (κ3) is 7.17. The van der Waals surface area contributed by atoms with Crippen molar-refractivity contribution in [2.75, 3.05) is 0 Å². The largest absolute Gasteiger partial charge is 0.508 e. The van der Waals surface area contributed by atoms with E-state index in [1.54, 1.807) is 12.1 Å². The monoisotopic (exact) mass is 400 g/mol. The second kappa shape index (κ2) is 10.5. The van der Waals surface area contributed by atoms with Crippen LogP contribution in [0, 0.1) is 5.92 Å².